The Morgan fingerprint density at radius 3 is 2.29 bits per heavy atom. The molecule has 0 aromatic carbocycles. The van der Waals surface area contributed by atoms with Gasteiger partial charge in [-0.05, 0) is 43.8 Å². The summed E-state index contributed by atoms with van der Waals surface area (Å²) >= 11 is 0. The molecule has 1 fully saturated rings. The number of hydrogen-bond donors (Lipinski definition) is 3. The molecular formula is C15H29N3O3. The van der Waals surface area contributed by atoms with Crippen LogP contribution in [-0.4, -0.2) is 54.2 Å². The molecule has 1 aliphatic heterocycles. The maximum Gasteiger partial charge on any atom is 0.326 e. The van der Waals surface area contributed by atoms with Crippen LogP contribution in [0.4, 0.5) is 4.79 Å². The number of hydrogen-bond acceptors (Lipinski definition) is 3. The van der Waals surface area contributed by atoms with Crippen molar-refractivity contribution in [1.29, 1.82) is 0 Å². The molecule has 1 aliphatic rings. The number of carboxylic acids is 1. The number of aliphatic carboxylic acids is 1. The first-order valence-electron chi connectivity index (χ1n) is 7.73. The van der Waals surface area contributed by atoms with E-state index >= 15 is 0 Å². The molecule has 0 unspecified atom stereocenters. The summed E-state index contributed by atoms with van der Waals surface area (Å²) in [7, 11) is 0. The van der Waals surface area contributed by atoms with Crippen LogP contribution in [0.25, 0.3) is 0 Å². The Morgan fingerprint density at radius 1 is 1.29 bits per heavy atom. The molecule has 2 amide bonds. The van der Waals surface area contributed by atoms with E-state index in [2.05, 4.69) is 22.5 Å². The van der Waals surface area contributed by atoms with Gasteiger partial charge >= 0.3 is 12.0 Å². The van der Waals surface area contributed by atoms with Crippen LogP contribution in [0.2, 0.25) is 0 Å². The molecule has 1 saturated heterocycles. The van der Waals surface area contributed by atoms with Gasteiger partial charge in [-0.25, -0.2) is 9.59 Å². The van der Waals surface area contributed by atoms with Crippen LogP contribution in [0, 0.1) is 11.3 Å². The van der Waals surface area contributed by atoms with Crippen molar-refractivity contribution in [2.24, 2.45) is 11.3 Å². The van der Waals surface area contributed by atoms with Gasteiger partial charge in [-0.3, -0.25) is 0 Å². The van der Waals surface area contributed by atoms with Crippen molar-refractivity contribution in [3.05, 3.63) is 0 Å². The first kappa shape index (κ1) is 17.8. The van der Waals surface area contributed by atoms with Crippen molar-refractivity contribution in [1.82, 2.24) is 15.5 Å². The third-order valence-electron chi connectivity index (χ3n) is 4.09. The molecule has 122 valence electrons. The minimum atomic E-state index is -1.01. The lowest BCUT2D eigenvalue weighted by molar-refractivity contribution is -0.141. The van der Waals surface area contributed by atoms with Crippen LogP contribution >= 0.6 is 0 Å². The zero-order chi connectivity index (χ0) is 16.0. The number of nitrogens with one attached hydrogen (secondary N) is 2. The Morgan fingerprint density at radius 2 is 1.86 bits per heavy atom. The second-order valence-corrected chi connectivity index (χ2v) is 6.87. The van der Waals surface area contributed by atoms with Crippen LogP contribution in [-0.2, 0) is 4.79 Å². The van der Waals surface area contributed by atoms with Gasteiger partial charge < -0.3 is 20.6 Å². The topological polar surface area (TPSA) is 81.7 Å². The Balaban J connectivity index is 2.35. The lowest BCUT2D eigenvalue weighted by atomic mass is 9.87. The standard InChI is InChI=1S/C15H29N3O3/c1-5-18-8-6-11(7-9-18)10-16-14(21)17-12(13(19)20)15(2,3)4/h11-12H,5-10H2,1-4H3,(H,19,20)(H2,16,17,21)/t12-/m1/s1. The Bertz CT molecular complexity index is 358. The number of amides is 2. The second kappa shape index (κ2) is 7.64. The van der Waals surface area contributed by atoms with Gasteiger partial charge in [-0.1, -0.05) is 27.7 Å². The SMILES string of the molecule is CCN1CCC(CNC(=O)N[C@H](C(=O)O)C(C)(C)C)CC1. The molecule has 0 saturated carbocycles. The summed E-state index contributed by atoms with van der Waals surface area (Å²) in [4.78, 5) is 25.5. The number of likely N-dealkylation sites (tertiary alicyclic amines) is 1. The van der Waals surface area contributed by atoms with Crippen LogP contribution < -0.4 is 10.6 Å². The summed E-state index contributed by atoms with van der Waals surface area (Å²) < 4.78 is 0. The zero-order valence-electron chi connectivity index (χ0n) is 13.6. The minimum Gasteiger partial charge on any atom is -0.480 e. The first-order valence-corrected chi connectivity index (χ1v) is 7.73. The summed E-state index contributed by atoms with van der Waals surface area (Å²) in [5.41, 5.74) is -0.518. The largest absolute Gasteiger partial charge is 0.480 e. The average molecular weight is 299 g/mol. The van der Waals surface area contributed by atoms with Gasteiger partial charge in [0.2, 0.25) is 0 Å². The quantitative estimate of drug-likeness (QED) is 0.719. The monoisotopic (exact) mass is 299 g/mol. The fourth-order valence-corrected chi connectivity index (χ4v) is 2.57. The molecule has 0 spiro atoms. The van der Waals surface area contributed by atoms with E-state index in [0.717, 1.165) is 32.5 Å². The summed E-state index contributed by atoms with van der Waals surface area (Å²) in [6.45, 7) is 11.4. The fraction of sp³-hybridized carbons (Fsp3) is 0.867. The fourth-order valence-electron chi connectivity index (χ4n) is 2.57. The number of carboxylic acid groups (broad SMARTS) is 1. The molecule has 6 nitrogen and oxygen atoms in total. The highest BCUT2D eigenvalue weighted by Crippen LogP contribution is 2.19. The number of piperidine rings is 1. The van der Waals surface area contributed by atoms with Crippen LogP contribution in [0.1, 0.15) is 40.5 Å². The van der Waals surface area contributed by atoms with Gasteiger partial charge in [0.15, 0.2) is 0 Å². The number of carbonyl (C=O) groups is 2. The molecule has 1 heterocycles. The molecule has 3 N–H and O–H groups in total. The molecule has 21 heavy (non-hydrogen) atoms. The molecule has 0 bridgehead atoms. The van der Waals surface area contributed by atoms with E-state index in [1.54, 1.807) is 20.8 Å². The predicted molar refractivity (Wildman–Crippen MR) is 82.3 cm³/mol. The summed E-state index contributed by atoms with van der Waals surface area (Å²) in [6.07, 6.45) is 2.16. The van der Waals surface area contributed by atoms with Crippen LogP contribution in [0.5, 0.6) is 0 Å². The highest BCUT2D eigenvalue weighted by molar-refractivity contribution is 5.83. The van der Waals surface area contributed by atoms with E-state index in [4.69, 9.17) is 0 Å². The molecule has 0 aliphatic carbocycles. The number of rotatable bonds is 5. The van der Waals surface area contributed by atoms with Crippen molar-refractivity contribution in [2.75, 3.05) is 26.2 Å². The van der Waals surface area contributed by atoms with Crippen LogP contribution in [0.15, 0.2) is 0 Å². The Hall–Kier alpha value is -1.30. The molecule has 0 aromatic heterocycles. The Kier molecular flexibility index (Phi) is 6.45. The smallest absolute Gasteiger partial charge is 0.326 e. The van der Waals surface area contributed by atoms with Crippen molar-refractivity contribution < 1.29 is 14.7 Å². The highest BCUT2D eigenvalue weighted by Gasteiger charge is 2.32. The van der Waals surface area contributed by atoms with Crippen LogP contribution in [0.3, 0.4) is 0 Å². The molecule has 0 aromatic rings. The van der Waals surface area contributed by atoms with Gasteiger partial charge in [0.05, 0.1) is 0 Å². The van der Waals surface area contributed by atoms with Gasteiger partial charge in [0, 0.05) is 6.54 Å². The van der Waals surface area contributed by atoms with E-state index < -0.39 is 23.5 Å². The number of urea groups is 1. The predicted octanol–water partition coefficient (Wildman–Crippen LogP) is 1.52. The Labute approximate surface area is 127 Å². The lowest BCUT2D eigenvalue weighted by Crippen LogP contribution is -2.53. The molecule has 0 radical (unpaired) electrons. The maximum atomic E-state index is 11.9. The van der Waals surface area contributed by atoms with Gasteiger partial charge in [-0.2, -0.15) is 0 Å². The normalized spacial score (nSPS) is 19.0. The van der Waals surface area contributed by atoms with E-state index in [-0.39, 0.29) is 0 Å². The molecule has 1 rings (SSSR count). The molecule has 6 heteroatoms. The summed E-state index contributed by atoms with van der Waals surface area (Å²) in [5.74, 6) is -0.523. The average Bonchev–Trinajstić information content (AvgIpc) is 2.41. The second-order valence-electron chi connectivity index (χ2n) is 6.87. The number of carbonyl (C=O) groups excluding carboxylic acids is 1. The summed E-state index contributed by atoms with van der Waals surface area (Å²) in [6, 6.07) is -1.28. The van der Waals surface area contributed by atoms with Gasteiger partial charge in [-0.15, -0.1) is 0 Å². The van der Waals surface area contributed by atoms with E-state index in [1.807, 2.05) is 0 Å². The van der Waals surface area contributed by atoms with Crippen molar-refractivity contribution in [3.63, 3.8) is 0 Å². The van der Waals surface area contributed by atoms with E-state index in [9.17, 15) is 14.7 Å². The first-order chi connectivity index (χ1) is 9.74. The van der Waals surface area contributed by atoms with Gasteiger partial charge in [0.25, 0.3) is 0 Å². The molecule has 1 atom stereocenters. The van der Waals surface area contributed by atoms with E-state index in [1.165, 1.54) is 0 Å². The van der Waals surface area contributed by atoms with E-state index in [0.29, 0.717) is 12.5 Å². The van der Waals surface area contributed by atoms with Crippen molar-refractivity contribution in [2.45, 2.75) is 46.6 Å². The maximum absolute atomic E-state index is 11.9. The van der Waals surface area contributed by atoms with Crippen molar-refractivity contribution >= 4 is 12.0 Å². The minimum absolute atomic E-state index is 0.393. The van der Waals surface area contributed by atoms with Crippen molar-refractivity contribution in [3.8, 4) is 0 Å². The zero-order valence-corrected chi connectivity index (χ0v) is 13.6. The van der Waals surface area contributed by atoms with Gasteiger partial charge in [0.1, 0.15) is 6.04 Å². The third kappa shape index (κ3) is 5.91. The highest BCUT2D eigenvalue weighted by atomic mass is 16.4. The lowest BCUT2D eigenvalue weighted by Gasteiger charge is -2.31. The molecular weight excluding hydrogens is 270 g/mol. The number of nitrogens with zero attached hydrogens (tertiary/aromatic N) is 1. The summed E-state index contributed by atoms with van der Waals surface area (Å²) in [5, 5.41) is 14.5. The third-order valence-corrected chi connectivity index (χ3v) is 4.09.